The molecule has 0 atom stereocenters. The molecular formula is C25H18ClN5O4S. The molecule has 180 valence electrons. The maximum atomic E-state index is 6.21. The molecule has 36 heavy (non-hydrogen) atoms. The highest BCUT2D eigenvalue weighted by molar-refractivity contribution is 7.18. The van der Waals surface area contributed by atoms with Crippen LogP contribution in [-0.4, -0.2) is 38.8 Å². The van der Waals surface area contributed by atoms with Crippen LogP contribution in [0.2, 0.25) is 5.15 Å². The Morgan fingerprint density at radius 2 is 1.94 bits per heavy atom. The summed E-state index contributed by atoms with van der Waals surface area (Å²) in [6.07, 6.45) is 7.06. The van der Waals surface area contributed by atoms with E-state index in [1.807, 2.05) is 30.3 Å². The number of ether oxygens (including phenoxy) is 3. The fourth-order valence-corrected chi connectivity index (χ4v) is 4.57. The first-order chi connectivity index (χ1) is 17.6. The molecule has 0 aliphatic carbocycles. The zero-order valence-electron chi connectivity index (χ0n) is 19.1. The number of pyridine rings is 2. The van der Waals surface area contributed by atoms with Crippen molar-refractivity contribution >= 4 is 38.9 Å². The third-order valence-corrected chi connectivity index (χ3v) is 6.62. The quantitative estimate of drug-likeness (QED) is 0.240. The summed E-state index contributed by atoms with van der Waals surface area (Å²) in [4.78, 5) is 13.8. The monoisotopic (exact) mass is 519 g/mol. The lowest BCUT2D eigenvalue weighted by Gasteiger charge is -2.10. The number of aromatic nitrogens is 5. The summed E-state index contributed by atoms with van der Waals surface area (Å²) in [5, 5.41) is 6.11. The number of hydrogen-bond acceptors (Lipinski definition) is 9. The van der Waals surface area contributed by atoms with Crippen molar-refractivity contribution in [3.8, 4) is 39.3 Å². The molecule has 1 aromatic carbocycles. The summed E-state index contributed by atoms with van der Waals surface area (Å²) in [5.74, 6) is 1.84. The molecule has 0 aliphatic rings. The van der Waals surface area contributed by atoms with E-state index in [9.17, 15) is 0 Å². The van der Waals surface area contributed by atoms with Crippen molar-refractivity contribution < 1.29 is 18.6 Å². The lowest BCUT2D eigenvalue weighted by atomic mass is 10.1. The van der Waals surface area contributed by atoms with Gasteiger partial charge in [-0.05, 0) is 35.6 Å². The van der Waals surface area contributed by atoms with Crippen LogP contribution in [0.5, 0.6) is 16.7 Å². The highest BCUT2D eigenvalue weighted by Gasteiger charge is 2.17. The summed E-state index contributed by atoms with van der Waals surface area (Å²) in [7, 11) is 3.18. The summed E-state index contributed by atoms with van der Waals surface area (Å²) < 4.78 is 24.6. The van der Waals surface area contributed by atoms with Crippen molar-refractivity contribution in [2.75, 3.05) is 14.2 Å². The van der Waals surface area contributed by atoms with E-state index >= 15 is 0 Å². The van der Waals surface area contributed by atoms with Crippen molar-refractivity contribution in [3.63, 3.8) is 0 Å². The number of furan rings is 1. The maximum Gasteiger partial charge on any atom is 0.294 e. The van der Waals surface area contributed by atoms with E-state index in [1.165, 1.54) is 11.3 Å². The lowest BCUT2D eigenvalue weighted by Crippen LogP contribution is -1.97. The number of nitrogens with zero attached hydrogens (tertiary/aromatic N) is 5. The molecule has 0 radical (unpaired) electrons. The van der Waals surface area contributed by atoms with Crippen LogP contribution in [0, 0.1) is 0 Å². The van der Waals surface area contributed by atoms with Crippen LogP contribution < -0.4 is 14.2 Å². The second-order valence-electron chi connectivity index (χ2n) is 7.81. The molecule has 6 rings (SSSR count). The fraction of sp³-hybridized carbons (Fsp3) is 0.120. The maximum absolute atomic E-state index is 6.21. The minimum absolute atomic E-state index is 0.300. The number of methoxy groups -OCH3 is 2. The Balaban J connectivity index is 1.30. The molecule has 11 heteroatoms. The predicted molar refractivity (Wildman–Crippen MR) is 136 cm³/mol. The third-order valence-electron chi connectivity index (χ3n) is 5.51. The van der Waals surface area contributed by atoms with E-state index in [-0.39, 0.29) is 0 Å². The second-order valence-corrected chi connectivity index (χ2v) is 9.12. The molecule has 0 spiro atoms. The molecule has 9 nitrogen and oxygen atoms in total. The van der Waals surface area contributed by atoms with E-state index < -0.39 is 0 Å². The van der Waals surface area contributed by atoms with Crippen LogP contribution >= 0.6 is 22.9 Å². The molecule has 0 N–H and O–H groups in total. The molecule has 0 unspecified atom stereocenters. The van der Waals surface area contributed by atoms with Gasteiger partial charge in [0.25, 0.3) is 5.19 Å². The largest absolute Gasteiger partial charge is 0.496 e. The summed E-state index contributed by atoms with van der Waals surface area (Å²) in [6, 6.07) is 11.2. The van der Waals surface area contributed by atoms with Crippen LogP contribution in [-0.2, 0) is 6.61 Å². The Morgan fingerprint density at radius 1 is 1.03 bits per heavy atom. The molecule has 5 aromatic heterocycles. The average molecular weight is 520 g/mol. The first-order valence-corrected chi connectivity index (χ1v) is 12.0. The number of benzene rings is 1. The van der Waals surface area contributed by atoms with Gasteiger partial charge < -0.3 is 18.6 Å². The number of halogens is 1. The van der Waals surface area contributed by atoms with Gasteiger partial charge in [0.15, 0.2) is 5.76 Å². The Kier molecular flexibility index (Phi) is 5.67. The predicted octanol–water partition coefficient (Wildman–Crippen LogP) is 5.91. The molecule has 0 saturated carbocycles. The Hall–Kier alpha value is -4.15. The van der Waals surface area contributed by atoms with Gasteiger partial charge in [-0.2, -0.15) is 0 Å². The van der Waals surface area contributed by atoms with Gasteiger partial charge in [0.1, 0.15) is 34.5 Å². The van der Waals surface area contributed by atoms with E-state index in [4.69, 9.17) is 30.2 Å². The number of hydrogen-bond donors (Lipinski definition) is 0. The molecular weight excluding hydrogens is 502 g/mol. The van der Waals surface area contributed by atoms with E-state index in [2.05, 4.69) is 20.1 Å². The van der Waals surface area contributed by atoms with Crippen molar-refractivity contribution in [2.45, 2.75) is 6.61 Å². The fourth-order valence-electron chi connectivity index (χ4n) is 3.76. The minimum Gasteiger partial charge on any atom is -0.496 e. The van der Waals surface area contributed by atoms with Gasteiger partial charge in [-0.1, -0.05) is 11.6 Å². The minimum atomic E-state index is 0.300. The van der Waals surface area contributed by atoms with E-state index in [0.29, 0.717) is 50.5 Å². The topological polar surface area (TPSA) is 96.8 Å². The second kappa shape index (κ2) is 9.14. The number of imidazole rings is 1. The molecule has 0 saturated heterocycles. The highest BCUT2D eigenvalue weighted by Crippen LogP contribution is 2.37. The van der Waals surface area contributed by atoms with Gasteiger partial charge in [-0.3, -0.25) is 4.98 Å². The zero-order chi connectivity index (χ0) is 24.6. The average Bonchev–Trinajstić information content (AvgIpc) is 3.60. The van der Waals surface area contributed by atoms with Gasteiger partial charge in [-0.25, -0.2) is 14.5 Å². The smallest absolute Gasteiger partial charge is 0.294 e. The molecule has 0 bridgehead atoms. The summed E-state index contributed by atoms with van der Waals surface area (Å²) in [5.41, 5.74) is 4.03. The normalized spacial score (nSPS) is 11.3. The first-order valence-electron chi connectivity index (χ1n) is 10.8. The van der Waals surface area contributed by atoms with Gasteiger partial charge in [0.05, 0.1) is 25.8 Å². The molecule has 0 fully saturated rings. The van der Waals surface area contributed by atoms with Crippen LogP contribution in [0.25, 0.3) is 38.5 Å². The standard InChI is InChI=1S/C25H18ClN5O4S/c1-32-17-6-20(34-13-14-5-16(10-27-9-14)15-3-4-23(26)28-11-15)18-8-22(35-21(18)7-17)19-12-31-24(29-19)36-25(30-31)33-2/h3-12H,13H2,1-2H3. The van der Waals surface area contributed by atoms with Crippen LogP contribution in [0.15, 0.2) is 65.6 Å². The van der Waals surface area contributed by atoms with Crippen LogP contribution in [0.3, 0.4) is 0 Å². The number of fused-ring (bicyclic) bond motifs is 2. The van der Waals surface area contributed by atoms with Crippen LogP contribution in [0.4, 0.5) is 0 Å². The molecule has 6 aromatic rings. The van der Waals surface area contributed by atoms with Crippen LogP contribution in [0.1, 0.15) is 5.56 Å². The van der Waals surface area contributed by atoms with Crippen molar-refractivity contribution in [3.05, 3.63) is 71.9 Å². The zero-order valence-corrected chi connectivity index (χ0v) is 20.7. The lowest BCUT2D eigenvalue weighted by molar-refractivity contribution is 0.307. The van der Waals surface area contributed by atoms with Crippen molar-refractivity contribution in [2.24, 2.45) is 0 Å². The first kappa shape index (κ1) is 22.3. The Bertz CT molecular complexity index is 1660. The van der Waals surface area contributed by atoms with E-state index in [1.54, 1.807) is 49.6 Å². The molecule has 0 amide bonds. The highest BCUT2D eigenvalue weighted by atomic mass is 35.5. The third kappa shape index (κ3) is 4.21. The van der Waals surface area contributed by atoms with Gasteiger partial charge >= 0.3 is 0 Å². The molecule has 5 heterocycles. The summed E-state index contributed by atoms with van der Waals surface area (Å²) >= 11 is 7.26. The van der Waals surface area contributed by atoms with Crippen molar-refractivity contribution in [1.82, 2.24) is 24.6 Å². The number of rotatable bonds is 7. The summed E-state index contributed by atoms with van der Waals surface area (Å²) in [6.45, 7) is 0.300. The van der Waals surface area contributed by atoms with Gasteiger partial charge in [0.2, 0.25) is 4.96 Å². The van der Waals surface area contributed by atoms with E-state index in [0.717, 1.165) is 22.1 Å². The SMILES string of the molecule is COc1cc(OCc2cncc(-c3ccc(Cl)nc3)c2)c2cc(-c3cn4nc(OC)sc4n3)oc2c1. The molecule has 0 aliphatic heterocycles. The Morgan fingerprint density at radius 3 is 2.72 bits per heavy atom. The van der Waals surface area contributed by atoms with Gasteiger partial charge in [-0.15, -0.1) is 5.10 Å². The van der Waals surface area contributed by atoms with Crippen molar-refractivity contribution in [1.29, 1.82) is 0 Å². The Labute approximate surface area is 213 Å². The van der Waals surface area contributed by atoms with Gasteiger partial charge in [0, 0.05) is 47.4 Å².